The van der Waals surface area contributed by atoms with Crippen molar-refractivity contribution in [2.24, 2.45) is 22.2 Å². The van der Waals surface area contributed by atoms with Gasteiger partial charge in [0.25, 0.3) is 0 Å². The first-order valence-electron chi connectivity index (χ1n) is 10.7. The number of carboxylic acid groups (broad SMARTS) is 4. The standard InChI is InChI=1S/C19H31N7O11/c20-8(3-4-12(27)28)15(33)25-10(6-13(29)30)17(35)26-11(7-14(31)32)16(34)24-9(18(36)37)2-1-5-23-19(21)22/h8-11H,1-7,20H2,(H,24,34)(H,25,33)(H,26,35)(H,27,28)(H,29,30)(H,31,32)(H,36,37)(H4,21,22,23). The number of rotatable bonds is 18. The van der Waals surface area contributed by atoms with Crippen LogP contribution in [0.4, 0.5) is 0 Å². The Morgan fingerprint density at radius 2 is 1.14 bits per heavy atom. The number of nitrogens with zero attached hydrogens (tertiary/aromatic N) is 1. The molecule has 208 valence electrons. The molecule has 0 radical (unpaired) electrons. The normalized spacial score (nSPS) is 13.6. The van der Waals surface area contributed by atoms with Crippen LogP contribution >= 0.6 is 0 Å². The van der Waals surface area contributed by atoms with Gasteiger partial charge in [0.1, 0.15) is 18.1 Å². The molecule has 0 aromatic rings. The van der Waals surface area contributed by atoms with Gasteiger partial charge in [-0.15, -0.1) is 0 Å². The summed E-state index contributed by atoms with van der Waals surface area (Å²) in [5.74, 6) is -9.60. The molecule has 0 heterocycles. The number of carbonyl (C=O) groups excluding carboxylic acids is 3. The molecule has 0 saturated carbocycles. The van der Waals surface area contributed by atoms with Crippen LogP contribution < -0.4 is 33.2 Å². The molecule has 18 nitrogen and oxygen atoms in total. The van der Waals surface area contributed by atoms with Crippen molar-refractivity contribution in [3.8, 4) is 0 Å². The molecule has 0 saturated heterocycles. The van der Waals surface area contributed by atoms with Crippen molar-refractivity contribution in [1.29, 1.82) is 0 Å². The third-order valence-electron chi connectivity index (χ3n) is 4.59. The van der Waals surface area contributed by atoms with Gasteiger partial charge >= 0.3 is 23.9 Å². The quantitative estimate of drug-likeness (QED) is 0.0453. The molecule has 0 rings (SSSR count). The van der Waals surface area contributed by atoms with E-state index in [0.29, 0.717) is 0 Å². The van der Waals surface area contributed by atoms with Crippen molar-refractivity contribution in [3.05, 3.63) is 0 Å². The summed E-state index contributed by atoms with van der Waals surface area (Å²) >= 11 is 0. The summed E-state index contributed by atoms with van der Waals surface area (Å²) in [6, 6.07) is -6.58. The molecule has 0 aliphatic heterocycles. The van der Waals surface area contributed by atoms with Gasteiger partial charge in [0.05, 0.1) is 18.9 Å². The molecule has 0 spiro atoms. The summed E-state index contributed by atoms with van der Waals surface area (Å²) in [5, 5.41) is 42.2. The number of aliphatic carboxylic acids is 4. The van der Waals surface area contributed by atoms with Gasteiger partial charge in [0.15, 0.2) is 5.96 Å². The van der Waals surface area contributed by atoms with Crippen LogP contribution in [0, 0.1) is 0 Å². The second-order valence-corrected chi connectivity index (χ2v) is 7.71. The monoisotopic (exact) mass is 533 g/mol. The topological polar surface area (TPSA) is 327 Å². The van der Waals surface area contributed by atoms with Gasteiger partial charge in [-0.05, 0) is 19.3 Å². The number of nitrogens with one attached hydrogen (secondary N) is 3. The molecule has 0 bridgehead atoms. The average molecular weight is 533 g/mol. The number of hydrogen-bond donors (Lipinski definition) is 10. The van der Waals surface area contributed by atoms with E-state index in [-0.39, 0.29) is 31.8 Å². The van der Waals surface area contributed by atoms with Crippen molar-refractivity contribution in [2.75, 3.05) is 6.54 Å². The van der Waals surface area contributed by atoms with Crippen LogP contribution in [0.3, 0.4) is 0 Å². The Bertz CT molecular complexity index is 905. The SMILES string of the molecule is NC(N)=NCCCC(NC(=O)C(CC(=O)O)NC(=O)C(CC(=O)O)NC(=O)C(N)CCC(=O)O)C(=O)O. The zero-order valence-corrected chi connectivity index (χ0v) is 19.6. The maximum Gasteiger partial charge on any atom is 0.326 e. The van der Waals surface area contributed by atoms with Crippen molar-refractivity contribution < 1.29 is 54.0 Å². The van der Waals surface area contributed by atoms with Crippen LogP contribution in [0.25, 0.3) is 0 Å². The van der Waals surface area contributed by atoms with Crippen LogP contribution in [0.5, 0.6) is 0 Å². The second-order valence-electron chi connectivity index (χ2n) is 7.71. The molecular weight excluding hydrogens is 502 g/mol. The van der Waals surface area contributed by atoms with E-state index in [2.05, 4.69) is 10.3 Å². The zero-order valence-electron chi connectivity index (χ0n) is 19.6. The highest BCUT2D eigenvalue weighted by Crippen LogP contribution is 2.04. The zero-order chi connectivity index (χ0) is 28.7. The van der Waals surface area contributed by atoms with Crippen LogP contribution in [0.15, 0.2) is 4.99 Å². The predicted octanol–water partition coefficient (Wildman–Crippen LogP) is -4.28. The van der Waals surface area contributed by atoms with Crippen LogP contribution in [-0.2, 0) is 33.6 Å². The van der Waals surface area contributed by atoms with E-state index in [9.17, 15) is 38.7 Å². The summed E-state index contributed by atoms with van der Waals surface area (Å²) in [7, 11) is 0. The molecule has 18 heteroatoms. The summed E-state index contributed by atoms with van der Waals surface area (Å²) in [4.78, 5) is 85.5. The van der Waals surface area contributed by atoms with E-state index in [1.807, 2.05) is 10.6 Å². The first kappa shape index (κ1) is 32.5. The molecule has 0 aliphatic carbocycles. The molecule has 0 aliphatic rings. The maximum atomic E-state index is 12.6. The number of nitrogens with two attached hydrogens (primary N) is 3. The third-order valence-corrected chi connectivity index (χ3v) is 4.59. The largest absolute Gasteiger partial charge is 0.481 e. The van der Waals surface area contributed by atoms with Crippen molar-refractivity contribution in [1.82, 2.24) is 16.0 Å². The van der Waals surface area contributed by atoms with Crippen LogP contribution in [0.2, 0.25) is 0 Å². The lowest BCUT2D eigenvalue weighted by molar-refractivity contribution is -0.145. The Labute approximate surface area is 209 Å². The second kappa shape index (κ2) is 16.2. The molecule has 0 aromatic carbocycles. The van der Waals surface area contributed by atoms with Gasteiger partial charge in [-0.25, -0.2) is 4.79 Å². The maximum absolute atomic E-state index is 12.6. The molecular formula is C19H31N7O11. The lowest BCUT2D eigenvalue weighted by Gasteiger charge is -2.24. The number of carboxylic acids is 4. The van der Waals surface area contributed by atoms with Crippen LogP contribution in [0.1, 0.15) is 38.5 Å². The smallest absolute Gasteiger partial charge is 0.326 e. The number of aliphatic imine (C=N–C) groups is 1. The van der Waals surface area contributed by atoms with Crippen molar-refractivity contribution in [2.45, 2.75) is 62.7 Å². The Balaban J connectivity index is 5.49. The minimum atomic E-state index is -1.85. The molecule has 0 fully saturated rings. The average Bonchev–Trinajstić information content (AvgIpc) is 2.77. The fraction of sp³-hybridized carbons (Fsp3) is 0.579. The molecule has 4 unspecified atom stereocenters. The fourth-order valence-corrected chi connectivity index (χ4v) is 2.76. The van der Waals surface area contributed by atoms with E-state index >= 15 is 0 Å². The van der Waals surface area contributed by atoms with Crippen molar-refractivity contribution in [3.63, 3.8) is 0 Å². The third kappa shape index (κ3) is 14.5. The minimum Gasteiger partial charge on any atom is -0.481 e. The molecule has 0 aromatic heterocycles. The predicted molar refractivity (Wildman–Crippen MR) is 123 cm³/mol. The highest BCUT2D eigenvalue weighted by Gasteiger charge is 2.32. The number of carbonyl (C=O) groups is 7. The molecule has 4 atom stereocenters. The molecule has 37 heavy (non-hydrogen) atoms. The number of guanidine groups is 1. The minimum absolute atomic E-state index is 0.0441. The summed E-state index contributed by atoms with van der Waals surface area (Å²) < 4.78 is 0. The Morgan fingerprint density at radius 1 is 0.676 bits per heavy atom. The molecule has 13 N–H and O–H groups in total. The lowest BCUT2D eigenvalue weighted by atomic mass is 10.1. The highest BCUT2D eigenvalue weighted by atomic mass is 16.4. The summed E-state index contributed by atoms with van der Waals surface area (Å²) in [6.07, 6.45) is -2.84. The van der Waals surface area contributed by atoms with Gasteiger partial charge in [-0.3, -0.25) is 33.8 Å². The van der Waals surface area contributed by atoms with E-state index < -0.39 is 85.0 Å². The van der Waals surface area contributed by atoms with Crippen LogP contribution in [-0.4, -0.2) is 98.7 Å². The van der Waals surface area contributed by atoms with Gasteiger partial charge in [-0.1, -0.05) is 0 Å². The lowest BCUT2D eigenvalue weighted by Crippen LogP contribution is -2.57. The van der Waals surface area contributed by atoms with Gasteiger partial charge in [0, 0.05) is 13.0 Å². The Morgan fingerprint density at radius 3 is 1.54 bits per heavy atom. The summed E-state index contributed by atoms with van der Waals surface area (Å²) in [5.41, 5.74) is 15.9. The van der Waals surface area contributed by atoms with E-state index in [1.54, 1.807) is 0 Å². The first-order chi connectivity index (χ1) is 17.1. The van der Waals surface area contributed by atoms with Gasteiger partial charge < -0.3 is 53.6 Å². The number of hydrogen-bond acceptors (Lipinski definition) is 9. The number of amides is 3. The van der Waals surface area contributed by atoms with E-state index in [1.165, 1.54) is 0 Å². The van der Waals surface area contributed by atoms with Gasteiger partial charge in [0.2, 0.25) is 17.7 Å². The fourth-order valence-electron chi connectivity index (χ4n) is 2.76. The Hall–Kier alpha value is -4.48. The van der Waals surface area contributed by atoms with E-state index in [4.69, 9.17) is 32.5 Å². The Kier molecular flexibility index (Phi) is 14.3. The molecule has 3 amide bonds. The first-order valence-corrected chi connectivity index (χ1v) is 10.7. The van der Waals surface area contributed by atoms with E-state index in [0.717, 1.165) is 0 Å². The van der Waals surface area contributed by atoms with Crippen molar-refractivity contribution >= 4 is 47.6 Å². The highest BCUT2D eigenvalue weighted by molar-refractivity contribution is 5.96. The summed E-state index contributed by atoms with van der Waals surface area (Å²) in [6.45, 7) is 0.0441. The van der Waals surface area contributed by atoms with Gasteiger partial charge in [-0.2, -0.15) is 0 Å².